The van der Waals surface area contributed by atoms with E-state index in [1.807, 2.05) is 38.1 Å². The molecule has 3 aromatic rings. The molecule has 0 saturated carbocycles. The number of carbonyl (C=O) groups excluding carboxylic acids is 1. The number of aryl methyl sites for hydroxylation is 2. The van der Waals surface area contributed by atoms with Crippen LogP contribution >= 0.6 is 0 Å². The molecule has 0 aliphatic heterocycles. The Morgan fingerprint density at radius 3 is 2.63 bits per heavy atom. The van der Waals surface area contributed by atoms with Crippen LogP contribution in [-0.4, -0.2) is 29.9 Å². The van der Waals surface area contributed by atoms with Crippen LogP contribution < -0.4 is 14.8 Å². The van der Waals surface area contributed by atoms with Gasteiger partial charge in [0.1, 0.15) is 11.6 Å². The third-order valence-corrected chi connectivity index (χ3v) is 4.27. The number of anilines is 1. The van der Waals surface area contributed by atoms with Crippen LogP contribution in [0.5, 0.6) is 11.5 Å². The van der Waals surface area contributed by atoms with Crippen LogP contribution in [-0.2, 0) is 13.0 Å². The summed E-state index contributed by atoms with van der Waals surface area (Å²) in [4.78, 5) is 12.5. The van der Waals surface area contributed by atoms with Gasteiger partial charge in [-0.1, -0.05) is 13.0 Å². The van der Waals surface area contributed by atoms with Gasteiger partial charge in [-0.25, -0.2) is 4.68 Å². The molecule has 0 radical (unpaired) electrons. The van der Waals surface area contributed by atoms with Crippen molar-refractivity contribution in [2.45, 2.75) is 26.8 Å². The standard InChI is InChI=1S/C20H23N3O4/c1-5-15-7-9-17(27-15)20(24)22-19-13(2)11-21-23(19)12-14-6-8-16(25-3)18(10-14)26-4/h6-11H,5,12H2,1-4H3,(H,22,24). The molecule has 0 atom stereocenters. The van der Waals surface area contributed by atoms with Crippen molar-refractivity contribution in [3.63, 3.8) is 0 Å². The molecule has 2 aromatic heterocycles. The topological polar surface area (TPSA) is 78.5 Å². The van der Waals surface area contributed by atoms with Gasteiger partial charge >= 0.3 is 0 Å². The Hall–Kier alpha value is -3.22. The Kier molecular flexibility index (Phi) is 5.49. The molecule has 7 heteroatoms. The quantitative estimate of drug-likeness (QED) is 0.687. The molecular weight excluding hydrogens is 346 g/mol. The molecule has 0 unspecified atom stereocenters. The number of methoxy groups -OCH3 is 2. The van der Waals surface area contributed by atoms with E-state index in [2.05, 4.69) is 10.4 Å². The SMILES string of the molecule is CCc1ccc(C(=O)Nc2c(C)cnn2Cc2ccc(OC)c(OC)c2)o1. The van der Waals surface area contributed by atoms with Crippen molar-refractivity contribution < 1.29 is 18.7 Å². The monoisotopic (exact) mass is 369 g/mol. The Balaban J connectivity index is 1.81. The molecule has 0 aliphatic rings. The largest absolute Gasteiger partial charge is 0.493 e. The number of hydrogen-bond acceptors (Lipinski definition) is 5. The first-order valence-corrected chi connectivity index (χ1v) is 8.69. The van der Waals surface area contributed by atoms with E-state index in [-0.39, 0.29) is 11.7 Å². The van der Waals surface area contributed by atoms with Crippen LogP contribution in [0.3, 0.4) is 0 Å². The predicted octanol–water partition coefficient (Wildman–Crippen LogP) is 3.66. The van der Waals surface area contributed by atoms with E-state index in [1.165, 1.54) is 0 Å². The first-order chi connectivity index (χ1) is 13.0. The van der Waals surface area contributed by atoms with E-state index in [0.29, 0.717) is 23.9 Å². The maximum atomic E-state index is 12.5. The molecule has 0 saturated heterocycles. The summed E-state index contributed by atoms with van der Waals surface area (Å²) in [5.41, 5.74) is 1.84. The molecule has 27 heavy (non-hydrogen) atoms. The van der Waals surface area contributed by atoms with Crippen LogP contribution in [0.1, 0.15) is 34.4 Å². The van der Waals surface area contributed by atoms with Gasteiger partial charge in [-0.2, -0.15) is 5.10 Å². The van der Waals surface area contributed by atoms with Crippen molar-refractivity contribution in [2.24, 2.45) is 0 Å². The number of ether oxygens (including phenoxy) is 2. The van der Waals surface area contributed by atoms with Gasteiger partial charge in [0.15, 0.2) is 17.3 Å². The first kappa shape index (κ1) is 18.6. The fourth-order valence-electron chi connectivity index (χ4n) is 2.77. The van der Waals surface area contributed by atoms with Crippen LogP contribution in [0.4, 0.5) is 5.82 Å². The molecule has 3 rings (SSSR count). The molecule has 2 heterocycles. The molecule has 0 bridgehead atoms. The fourth-order valence-corrected chi connectivity index (χ4v) is 2.77. The van der Waals surface area contributed by atoms with Gasteiger partial charge in [-0.15, -0.1) is 0 Å². The lowest BCUT2D eigenvalue weighted by molar-refractivity contribution is 0.0994. The smallest absolute Gasteiger partial charge is 0.292 e. The molecule has 0 spiro atoms. The van der Waals surface area contributed by atoms with E-state index >= 15 is 0 Å². The number of nitrogens with zero attached hydrogens (tertiary/aromatic N) is 2. The number of furan rings is 1. The fraction of sp³-hybridized carbons (Fsp3) is 0.300. The van der Waals surface area contributed by atoms with Crippen LogP contribution in [0.15, 0.2) is 40.9 Å². The lowest BCUT2D eigenvalue weighted by atomic mass is 10.2. The summed E-state index contributed by atoms with van der Waals surface area (Å²) >= 11 is 0. The second-order valence-corrected chi connectivity index (χ2v) is 6.10. The average molecular weight is 369 g/mol. The molecule has 0 fully saturated rings. The lowest BCUT2D eigenvalue weighted by Gasteiger charge is -2.12. The Labute approximate surface area is 157 Å². The Bertz CT molecular complexity index is 943. The summed E-state index contributed by atoms with van der Waals surface area (Å²) in [5.74, 6) is 2.69. The third-order valence-electron chi connectivity index (χ3n) is 4.27. The van der Waals surface area contributed by atoms with Crippen molar-refractivity contribution in [1.82, 2.24) is 9.78 Å². The number of amides is 1. The molecule has 1 amide bonds. The summed E-state index contributed by atoms with van der Waals surface area (Å²) in [6.45, 7) is 4.35. The summed E-state index contributed by atoms with van der Waals surface area (Å²) in [6.07, 6.45) is 2.46. The van der Waals surface area contributed by atoms with Gasteiger partial charge in [-0.05, 0) is 36.8 Å². The summed E-state index contributed by atoms with van der Waals surface area (Å²) < 4.78 is 17.9. The number of aromatic nitrogens is 2. The molecule has 7 nitrogen and oxygen atoms in total. The van der Waals surface area contributed by atoms with E-state index in [1.54, 1.807) is 31.2 Å². The molecule has 1 N–H and O–H groups in total. The van der Waals surface area contributed by atoms with Gasteiger partial charge in [0, 0.05) is 12.0 Å². The predicted molar refractivity (Wildman–Crippen MR) is 102 cm³/mol. The highest BCUT2D eigenvalue weighted by atomic mass is 16.5. The van der Waals surface area contributed by atoms with Crippen molar-refractivity contribution in [3.05, 3.63) is 59.2 Å². The second kappa shape index (κ2) is 7.99. The maximum Gasteiger partial charge on any atom is 0.292 e. The van der Waals surface area contributed by atoms with Gasteiger partial charge in [-0.3, -0.25) is 4.79 Å². The van der Waals surface area contributed by atoms with E-state index < -0.39 is 0 Å². The molecule has 0 aliphatic carbocycles. The zero-order chi connectivity index (χ0) is 19.4. The zero-order valence-electron chi connectivity index (χ0n) is 15.9. The highest BCUT2D eigenvalue weighted by Crippen LogP contribution is 2.28. The zero-order valence-corrected chi connectivity index (χ0v) is 15.9. The van der Waals surface area contributed by atoms with E-state index in [0.717, 1.165) is 23.3 Å². The number of hydrogen-bond donors (Lipinski definition) is 1. The van der Waals surface area contributed by atoms with Crippen molar-refractivity contribution in [3.8, 4) is 11.5 Å². The van der Waals surface area contributed by atoms with E-state index in [4.69, 9.17) is 13.9 Å². The minimum absolute atomic E-state index is 0.283. The maximum absolute atomic E-state index is 12.5. The molecule has 142 valence electrons. The minimum Gasteiger partial charge on any atom is -0.493 e. The summed E-state index contributed by atoms with van der Waals surface area (Å²) in [7, 11) is 3.19. The average Bonchev–Trinajstić information content (AvgIpc) is 3.30. The highest BCUT2D eigenvalue weighted by molar-refractivity contribution is 6.02. The third kappa shape index (κ3) is 3.97. The summed E-state index contributed by atoms with van der Waals surface area (Å²) in [5, 5.41) is 7.27. The van der Waals surface area contributed by atoms with Crippen molar-refractivity contribution in [2.75, 3.05) is 19.5 Å². The highest BCUT2D eigenvalue weighted by Gasteiger charge is 2.16. The van der Waals surface area contributed by atoms with Crippen LogP contribution in [0, 0.1) is 6.92 Å². The molecular formula is C20H23N3O4. The number of benzene rings is 1. The number of carbonyl (C=O) groups is 1. The van der Waals surface area contributed by atoms with Gasteiger partial charge in [0.05, 0.1) is 27.0 Å². The molecule has 1 aromatic carbocycles. The Morgan fingerprint density at radius 1 is 1.19 bits per heavy atom. The summed E-state index contributed by atoms with van der Waals surface area (Å²) in [6, 6.07) is 9.16. The van der Waals surface area contributed by atoms with Crippen molar-refractivity contribution >= 4 is 11.7 Å². The lowest BCUT2D eigenvalue weighted by Crippen LogP contribution is -2.16. The van der Waals surface area contributed by atoms with Crippen LogP contribution in [0.2, 0.25) is 0 Å². The van der Waals surface area contributed by atoms with Gasteiger partial charge < -0.3 is 19.2 Å². The van der Waals surface area contributed by atoms with Crippen LogP contribution in [0.25, 0.3) is 0 Å². The first-order valence-electron chi connectivity index (χ1n) is 8.69. The minimum atomic E-state index is -0.299. The van der Waals surface area contributed by atoms with Gasteiger partial charge in [0.25, 0.3) is 5.91 Å². The number of rotatable bonds is 7. The van der Waals surface area contributed by atoms with E-state index in [9.17, 15) is 4.79 Å². The number of nitrogens with one attached hydrogen (secondary N) is 1. The Morgan fingerprint density at radius 2 is 1.96 bits per heavy atom. The normalized spacial score (nSPS) is 10.7. The second-order valence-electron chi connectivity index (χ2n) is 6.10. The van der Waals surface area contributed by atoms with Gasteiger partial charge in [0.2, 0.25) is 0 Å². The van der Waals surface area contributed by atoms with Crippen molar-refractivity contribution in [1.29, 1.82) is 0 Å².